The minimum Gasteiger partial charge on any atom is -0.462 e. The minimum absolute atomic E-state index is 0.0739. The predicted octanol–water partition coefficient (Wildman–Crippen LogP) is 21.4. The number of ether oxygens (including phenoxy) is 3. The molecule has 0 amide bonds. The molecule has 0 aromatic carbocycles. The Morgan fingerprint density at radius 1 is 0.292 bits per heavy atom. The monoisotopic (exact) mass is 1010 g/mol. The third kappa shape index (κ3) is 58.3. The Morgan fingerprint density at radius 3 is 0.861 bits per heavy atom. The smallest absolute Gasteiger partial charge is 0.306 e. The molecule has 0 fully saturated rings. The van der Waals surface area contributed by atoms with Gasteiger partial charge in [-0.05, 0) is 77.0 Å². The maximum Gasteiger partial charge on any atom is 0.306 e. The summed E-state index contributed by atoms with van der Waals surface area (Å²) in [5.41, 5.74) is 0. The van der Waals surface area contributed by atoms with Crippen molar-refractivity contribution in [1.29, 1.82) is 0 Å². The highest BCUT2D eigenvalue weighted by atomic mass is 16.6. The van der Waals surface area contributed by atoms with Gasteiger partial charge in [-0.15, -0.1) is 0 Å². The molecule has 0 saturated heterocycles. The van der Waals surface area contributed by atoms with Crippen LogP contribution >= 0.6 is 0 Å². The highest BCUT2D eigenvalue weighted by molar-refractivity contribution is 5.71. The Hall–Kier alpha value is -2.63. The minimum atomic E-state index is -0.773. The van der Waals surface area contributed by atoms with Crippen molar-refractivity contribution in [3.8, 4) is 0 Å². The third-order valence-corrected chi connectivity index (χ3v) is 14.1. The van der Waals surface area contributed by atoms with E-state index in [1.165, 1.54) is 212 Å². The molecule has 0 N–H and O–H groups in total. The molecule has 6 nitrogen and oxygen atoms in total. The normalized spacial score (nSPS) is 12.3. The topological polar surface area (TPSA) is 78.9 Å². The maximum absolute atomic E-state index is 12.8. The molecule has 0 heterocycles. The highest BCUT2D eigenvalue weighted by Gasteiger charge is 2.19. The molecule has 420 valence electrons. The zero-order valence-corrected chi connectivity index (χ0v) is 48.2. The Morgan fingerprint density at radius 2 is 0.542 bits per heavy atom. The third-order valence-electron chi connectivity index (χ3n) is 14.1. The lowest BCUT2D eigenvalue weighted by molar-refractivity contribution is -0.167. The van der Waals surface area contributed by atoms with E-state index in [1.54, 1.807) is 0 Å². The van der Waals surface area contributed by atoms with Gasteiger partial charge in [0.05, 0.1) is 0 Å². The standard InChI is InChI=1S/C66H120O6/c1-4-7-10-13-16-18-20-22-24-26-27-28-29-30-31-32-33-34-35-36-37-38-39-41-42-44-46-48-50-53-56-59-65(68)71-62-63(61-70-64(67)58-55-52-15-12-9-6-3)72-66(69)60-57-54-51-49-47-45-43-40-25-23-21-19-17-14-11-8-5-2/h8,11,17,19,23,25-27,63H,4-7,9-10,12-16,18,20-22,24,28-62H2,1-3H3/b11-8-,19-17-,25-23-,27-26-. The lowest BCUT2D eigenvalue weighted by atomic mass is 10.0. The van der Waals surface area contributed by atoms with Gasteiger partial charge in [0.15, 0.2) is 6.10 Å². The van der Waals surface area contributed by atoms with E-state index in [0.717, 1.165) is 83.5 Å². The molecule has 6 heteroatoms. The molecule has 0 aromatic heterocycles. The predicted molar refractivity (Wildman–Crippen MR) is 312 cm³/mol. The van der Waals surface area contributed by atoms with E-state index < -0.39 is 6.10 Å². The van der Waals surface area contributed by atoms with E-state index in [4.69, 9.17) is 14.2 Å². The maximum atomic E-state index is 12.8. The number of allylic oxidation sites excluding steroid dienone is 8. The number of carbonyl (C=O) groups is 3. The van der Waals surface area contributed by atoms with Crippen molar-refractivity contribution in [3.63, 3.8) is 0 Å². The largest absolute Gasteiger partial charge is 0.462 e. The van der Waals surface area contributed by atoms with Crippen LogP contribution in [0.2, 0.25) is 0 Å². The quantitative estimate of drug-likeness (QED) is 0.0261. The van der Waals surface area contributed by atoms with Crippen molar-refractivity contribution >= 4 is 17.9 Å². The molecule has 72 heavy (non-hydrogen) atoms. The van der Waals surface area contributed by atoms with Crippen LogP contribution in [0.4, 0.5) is 0 Å². The Kier molecular flexibility index (Phi) is 58.7. The van der Waals surface area contributed by atoms with Crippen LogP contribution in [0.1, 0.15) is 335 Å². The van der Waals surface area contributed by atoms with E-state index in [2.05, 4.69) is 69.4 Å². The van der Waals surface area contributed by atoms with Crippen LogP contribution in [-0.2, 0) is 28.6 Å². The first-order valence-electron chi connectivity index (χ1n) is 31.6. The van der Waals surface area contributed by atoms with Crippen LogP contribution in [0.3, 0.4) is 0 Å². The molecule has 1 atom stereocenters. The summed E-state index contributed by atoms with van der Waals surface area (Å²) < 4.78 is 16.8. The average molecular weight is 1010 g/mol. The molecule has 1 unspecified atom stereocenters. The van der Waals surface area contributed by atoms with E-state index in [1.807, 2.05) is 0 Å². The number of carbonyl (C=O) groups excluding carboxylic acids is 3. The lowest BCUT2D eigenvalue weighted by Gasteiger charge is -2.18. The molecule has 0 saturated carbocycles. The highest BCUT2D eigenvalue weighted by Crippen LogP contribution is 2.17. The van der Waals surface area contributed by atoms with E-state index in [-0.39, 0.29) is 31.1 Å². The summed E-state index contributed by atoms with van der Waals surface area (Å²) in [5, 5.41) is 0. The summed E-state index contributed by atoms with van der Waals surface area (Å²) in [6.07, 6.45) is 76.0. The molecule has 0 aliphatic carbocycles. The molecular formula is C66H120O6. The molecule has 0 bridgehead atoms. The van der Waals surface area contributed by atoms with Gasteiger partial charge >= 0.3 is 17.9 Å². The van der Waals surface area contributed by atoms with E-state index >= 15 is 0 Å². The second-order valence-corrected chi connectivity index (χ2v) is 21.3. The van der Waals surface area contributed by atoms with Crippen molar-refractivity contribution in [1.82, 2.24) is 0 Å². The SMILES string of the molecule is CC/C=C\C/C=C\C/C=C\CCCCCCCCCC(=O)OC(COC(=O)CCCCCCCC)COC(=O)CCCCCCCCCCCCCCCCCCCCC/C=C\CCCCCCCCCC. The van der Waals surface area contributed by atoms with E-state index in [9.17, 15) is 14.4 Å². The molecule has 0 radical (unpaired) electrons. The van der Waals surface area contributed by atoms with Crippen LogP contribution in [0.15, 0.2) is 48.6 Å². The fourth-order valence-corrected chi connectivity index (χ4v) is 9.34. The Bertz CT molecular complexity index is 1250. The molecule has 0 spiro atoms. The van der Waals surface area contributed by atoms with Crippen LogP contribution in [0, 0.1) is 0 Å². The van der Waals surface area contributed by atoms with Crippen molar-refractivity contribution in [2.45, 2.75) is 341 Å². The van der Waals surface area contributed by atoms with E-state index in [0.29, 0.717) is 19.3 Å². The number of hydrogen-bond acceptors (Lipinski definition) is 6. The summed E-state index contributed by atoms with van der Waals surface area (Å²) in [4.78, 5) is 37.9. The lowest BCUT2D eigenvalue weighted by Crippen LogP contribution is -2.30. The second-order valence-electron chi connectivity index (χ2n) is 21.3. The van der Waals surface area contributed by atoms with Gasteiger partial charge in [0, 0.05) is 19.3 Å². The first-order valence-corrected chi connectivity index (χ1v) is 31.6. The molecule has 0 rings (SSSR count). The van der Waals surface area contributed by atoms with Gasteiger partial charge in [0.2, 0.25) is 0 Å². The zero-order valence-electron chi connectivity index (χ0n) is 48.2. The van der Waals surface area contributed by atoms with Crippen molar-refractivity contribution in [2.75, 3.05) is 13.2 Å². The Labute approximate surface area is 448 Å². The molecule has 0 aromatic rings. The van der Waals surface area contributed by atoms with Crippen LogP contribution in [0.5, 0.6) is 0 Å². The van der Waals surface area contributed by atoms with Gasteiger partial charge in [0.25, 0.3) is 0 Å². The second kappa shape index (κ2) is 60.9. The number of esters is 3. The zero-order chi connectivity index (χ0) is 52.2. The first kappa shape index (κ1) is 69.4. The summed E-state index contributed by atoms with van der Waals surface area (Å²) in [6.45, 7) is 6.50. The Balaban J connectivity index is 3.97. The summed E-state index contributed by atoms with van der Waals surface area (Å²) >= 11 is 0. The van der Waals surface area contributed by atoms with Crippen LogP contribution in [0.25, 0.3) is 0 Å². The van der Waals surface area contributed by atoms with Gasteiger partial charge in [-0.3, -0.25) is 14.4 Å². The van der Waals surface area contributed by atoms with Gasteiger partial charge < -0.3 is 14.2 Å². The van der Waals surface area contributed by atoms with Crippen LogP contribution in [-0.4, -0.2) is 37.2 Å². The number of unbranched alkanes of at least 4 members (excludes halogenated alkanes) is 39. The fourth-order valence-electron chi connectivity index (χ4n) is 9.34. The molecular weight excluding hydrogens is 889 g/mol. The summed E-state index contributed by atoms with van der Waals surface area (Å²) in [6, 6.07) is 0. The van der Waals surface area contributed by atoms with Crippen molar-refractivity contribution in [3.05, 3.63) is 48.6 Å². The van der Waals surface area contributed by atoms with Crippen molar-refractivity contribution in [2.24, 2.45) is 0 Å². The summed E-state index contributed by atoms with van der Waals surface area (Å²) in [7, 11) is 0. The molecule has 0 aliphatic rings. The van der Waals surface area contributed by atoms with Gasteiger partial charge in [0.1, 0.15) is 13.2 Å². The van der Waals surface area contributed by atoms with Crippen LogP contribution < -0.4 is 0 Å². The average Bonchev–Trinajstić information content (AvgIpc) is 3.38. The first-order chi connectivity index (χ1) is 35.5. The van der Waals surface area contributed by atoms with Gasteiger partial charge in [-0.25, -0.2) is 0 Å². The number of rotatable bonds is 58. The molecule has 0 aliphatic heterocycles. The number of hydrogen-bond donors (Lipinski definition) is 0. The van der Waals surface area contributed by atoms with Gasteiger partial charge in [-0.2, -0.15) is 0 Å². The van der Waals surface area contributed by atoms with Gasteiger partial charge in [-0.1, -0.05) is 288 Å². The fraction of sp³-hybridized carbons (Fsp3) is 0.833. The van der Waals surface area contributed by atoms with Crippen molar-refractivity contribution < 1.29 is 28.6 Å². The summed E-state index contributed by atoms with van der Waals surface area (Å²) in [5.74, 6) is -0.879.